The van der Waals surface area contributed by atoms with Crippen LogP contribution >= 0.6 is 0 Å². The third kappa shape index (κ3) is 2.09. The molecular weight excluding hydrogens is 248 g/mol. The Morgan fingerprint density at radius 3 is 2.85 bits per heavy atom. The molecule has 0 radical (unpaired) electrons. The van der Waals surface area contributed by atoms with Crippen LogP contribution in [0.4, 0.5) is 0 Å². The number of nitrogens with zero attached hydrogens (tertiary/aromatic N) is 3. The van der Waals surface area contributed by atoms with Crippen LogP contribution in [-0.2, 0) is 0 Å². The second-order valence-corrected chi connectivity index (χ2v) is 4.83. The number of aromatic nitrogens is 3. The zero-order valence-corrected chi connectivity index (χ0v) is 11.8. The fraction of sp³-hybridized carbons (Fsp3) is 0.188. The molecule has 0 fully saturated rings. The van der Waals surface area contributed by atoms with Crippen molar-refractivity contribution >= 4 is 17.2 Å². The molecule has 0 unspecified atom stereocenters. The molecule has 4 nitrogen and oxygen atoms in total. The van der Waals surface area contributed by atoms with Crippen LogP contribution in [0.25, 0.3) is 22.2 Å². The number of rotatable bonds is 2. The van der Waals surface area contributed by atoms with E-state index in [1.165, 1.54) is 0 Å². The number of aromatic amines is 1. The first-order valence-electron chi connectivity index (χ1n) is 6.53. The summed E-state index contributed by atoms with van der Waals surface area (Å²) in [6.45, 7) is 4.03. The quantitative estimate of drug-likeness (QED) is 0.722. The molecule has 3 rings (SSSR count). The molecule has 0 bridgehead atoms. The lowest BCUT2D eigenvalue weighted by atomic mass is 9.98. The Kier molecular flexibility index (Phi) is 3.06. The van der Waals surface area contributed by atoms with E-state index in [0.717, 1.165) is 39.1 Å². The van der Waals surface area contributed by atoms with Gasteiger partial charge in [0.05, 0.1) is 17.4 Å². The fourth-order valence-corrected chi connectivity index (χ4v) is 2.47. The molecule has 0 aliphatic carbocycles. The van der Waals surface area contributed by atoms with Crippen LogP contribution in [-0.4, -0.2) is 28.2 Å². The van der Waals surface area contributed by atoms with Crippen LogP contribution < -0.4 is 0 Å². The van der Waals surface area contributed by atoms with E-state index in [9.17, 15) is 0 Å². The SMILES string of the molecule is CN=Cc1c(-c2ccc3nc[nH]c3c2)cc(C)nc1C. The summed E-state index contributed by atoms with van der Waals surface area (Å²) in [4.78, 5) is 16.1. The average Bonchev–Trinajstić information content (AvgIpc) is 2.88. The van der Waals surface area contributed by atoms with Crippen LogP contribution in [0.1, 0.15) is 17.0 Å². The molecule has 2 aromatic heterocycles. The van der Waals surface area contributed by atoms with Gasteiger partial charge in [0.2, 0.25) is 0 Å². The van der Waals surface area contributed by atoms with E-state index in [4.69, 9.17) is 0 Å². The van der Waals surface area contributed by atoms with Gasteiger partial charge in [-0.3, -0.25) is 9.98 Å². The summed E-state index contributed by atoms with van der Waals surface area (Å²) in [5.74, 6) is 0. The summed E-state index contributed by atoms with van der Waals surface area (Å²) in [6, 6.07) is 8.33. The molecule has 100 valence electrons. The van der Waals surface area contributed by atoms with E-state index in [1.807, 2.05) is 26.1 Å². The zero-order chi connectivity index (χ0) is 14.1. The van der Waals surface area contributed by atoms with E-state index >= 15 is 0 Å². The first-order chi connectivity index (χ1) is 9.69. The lowest BCUT2D eigenvalue weighted by Crippen LogP contribution is -1.98. The van der Waals surface area contributed by atoms with Gasteiger partial charge in [0.1, 0.15) is 0 Å². The van der Waals surface area contributed by atoms with Crippen molar-refractivity contribution in [1.82, 2.24) is 15.0 Å². The largest absolute Gasteiger partial charge is 0.345 e. The Morgan fingerprint density at radius 1 is 1.20 bits per heavy atom. The maximum absolute atomic E-state index is 4.52. The third-order valence-electron chi connectivity index (χ3n) is 3.37. The van der Waals surface area contributed by atoms with Gasteiger partial charge in [0, 0.05) is 30.2 Å². The molecule has 20 heavy (non-hydrogen) atoms. The number of pyridine rings is 1. The molecule has 0 saturated carbocycles. The van der Waals surface area contributed by atoms with Gasteiger partial charge >= 0.3 is 0 Å². The first-order valence-corrected chi connectivity index (χ1v) is 6.53. The number of hydrogen-bond donors (Lipinski definition) is 1. The number of aliphatic imine (C=N–C) groups is 1. The summed E-state index contributed by atoms with van der Waals surface area (Å²) in [6.07, 6.45) is 3.58. The summed E-state index contributed by atoms with van der Waals surface area (Å²) in [5, 5.41) is 0. The molecule has 0 aliphatic rings. The minimum absolute atomic E-state index is 0.974. The lowest BCUT2D eigenvalue weighted by molar-refractivity contribution is 1.12. The second-order valence-electron chi connectivity index (χ2n) is 4.83. The number of H-pyrrole nitrogens is 1. The molecule has 0 spiro atoms. The van der Waals surface area contributed by atoms with E-state index < -0.39 is 0 Å². The third-order valence-corrected chi connectivity index (χ3v) is 3.37. The molecule has 3 aromatic rings. The van der Waals surface area contributed by atoms with Gasteiger partial charge in [0.25, 0.3) is 0 Å². The summed E-state index contributed by atoms with van der Waals surface area (Å²) in [5.41, 5.74) is 7.38. The standard InChI is InChI=1S/C16H16N4/c1-10-6-13(14(8-17-3)11(2)20-10)12-4-5-15-16(7-12)19-9-18-15/h4-9H,1-3H3,(H,18,19). The van der Waals surface area contributed by atoms with Crippen molar-refractivity contribution in [3.8, 4) is 11.1 Å². The first kappa shape index (κ1) is 12.5. The van der Waals surface area contributed by atoms with Crippen LogP contribution in [0.3, 0.4) is 0 Å². The van der Waals surface area contributed by atoms with E-state index in [2.05, 4.69) is 38.1 Å². The second kappa shape index (κ2) is 4.89. The van der Waals surface area contributed by atoms with Gasteiger partial charge in [-0.2, -0.15) is 0 Å². The molecule has 1 aromatic carbocycles. The maximum Gasteiger partial charge on any atom is 0.0931 e. The number of aryl methyl sites for hydroxylation is 2. The van der Waals surface area contributed by atoms with E-state index in [-0.39, 0.29) is 0 Å². The van der Waals surface area contributed by atoms with Crippen LogP contribution in [0.2, 0.25) is 0 Å². The van der Waals surface area contributed by atoms with Gasteiger partial charge < -0.3 is 4.98 Å². The zero-order valence-electron chi connectivity index (χ0n) is 11.8. The predicted octanol–water partition coefficient (Wildman–Crippen LogP) is 3.29. The Bertz CT molecular complexity index is 799. The number of fused-ring (bicyclic) bond motifs is 1. The molecule has 0 atom stereocenters. The topological polar surface area (TPSA) is 53.9 Å². The highest BCUT2D eigenvalue weighted by atomic mass is 14.9. The smallest absolute Gasteiger partial charge is 0.0931 e. The minimum atomic E-state index is 0.974. The number of benzene rings is 1. The Balaban J connectivity index is 2.26. The summed E-state index contributed by atoms with van der Waals surface area (Å²) >= 11 is 0. The highest BCUT2D eigenvalue weighted by molar-refractivity contribution is 5.93. The molecule has 2 heterocycles. The van der Waals surface area contributed by atoms with Gasteiger partial charge in [-0.15, -0.1) is 0 Å². The summed E-state index contributed by atoms with van der Waals surface area (Å²) in [7, 11) is 1.78. The van der Waals surface area contributed by atoms with Crippen molar-refractivity contribution in [2.75, 3.05) is 7.05 Å². The molecule has 1 N–H and O–H groups in total. The molecule has 0 saturated heterocycles. The van der Waals surface area contributed by atoms with E-state index in [1.54, 1.807) is 13.4 Å². The highest BCUT2D eigenvalue weighted by Crippen LogP contribution is 2.27. The number of nitrogens with one attached hydrogen (secondary N) is 1. The van der Waals surface area contributed by atoms with Crippen molar-refractivity contribution in [3.05, 3.63) is 47.5 Å². The Labute approximate surface area is 117 Å². The van der Waals surface area contributed by atoms with E-state index in [0.29, 0.717) is 0 Å². The van der Waals surface area contributed by atoms with Crippen LogP contribution in [0.5, 0.6) is 0 Å². The van der Waals surface area contributed by atoms with Crippen LogP contribution in [0.15, 0.2) is 35.6 Å². The minimum Gasteiger partial charge on any atom is -0.345 e. The molecule has 4 heteroatoms. The fourth-order valence-electron chi connectivity index (χ4n) is 2.47. The molecular formula is C16H16N4. The maximum atomic E-state index is 4.52. The van der Waals surface area contributed by atoms with Crippen molar-refractivity contribution in [2.45, 2.75) is 13.8 Å². The molecule has 0 aliphatic heterocycles. The average molecular weight is 264 g/mol. The normalized spacial score (nSPS) is 11.6. The highest BCUT2D eigenvalue weighted by Gasteiger charge is 2.10. The number of imidazole rings is 1. The molecule has 0 amide bonds. The van der Waals surface area contributed by atoms with Crippen molar-refractivity contribution in [2.24, 2.45) is 4.99 Å². The van der Waals surface area contributed by atoms with Gasteiger partial charge in [-0.1, -0.05) is 6.07 Å². The predicted molar refractivity (Wildman–Crippen MR) is 82.3 cm³/mol. The Hall–Kier alpha value is -2.49. The van der Waals surface area contributed by atoms with Gasteiger partial charge in [-0.25, -0.2) is 4.98 Å². The van der Waals surface area contributed by atoms with Crippen LogP contribution in [0, 0.1) is 13.8 Å². The van der Waals surface area contributed by atoms with Crippen molar-refractivity contribution < 1.29 is 0 Å². The van der Waals surface area contributed by atoms with Gasteiger partial charge in [0.15, 0.2) is 0 Å². The van der Waals surface area contributed by atoms with Crippen molar-refractivity contribution in [3.63, 3.8) is 0 Å². The van der Waals surface area contributed by atoms with Gasteiger partial charge in [-0.05, 0) is 43.2 Å². The Morgan fingerprint density at radius 2 is 2.05 bits per heavy atom. The van der Waals surface area contributed by atoms with Crippen molar-refractivity contribution in [1.29, 1.82) is 0 Å². The summed E-state index contributed by atoms with van der Waals surface area (Å²) < 4.78 is 0. The number of hydrogen-bond acceptors (Lipinski definition) is 3. The monoisotopic (exact) mass is 264 g/mol. The lowest BCUT2D eigenvalue weighted by Gasteiger charge is -2.10.